The van der Waals surface area contributed by atoms with Crippen molar-refractivity contribution in [3.8, 4) is 5.88 Å². The van der Waals surface area contributed by atoms with Gasteiger partial charge in [-0.1, -0.05) is 11.8 Å². The lowest BCUT2D eigenvalue weighted by Crippen LogP contribution is -2.12. The first-order valence-corrected chi connectivity index (χ1v) is 8.11. The lowest BCUT2D eigenvalue weighted by atomic mass is 10.2. The van der Waals surface area contributed by atoms with Gasteiger partial charge in [-0.3, -0.25) is 0 Å². The van der Waals surface area contributed by atoms with E-state index in [0.717, 1.165) is 17.5 Å². The van der Waals surface area contributed by atoms with Gasteiger partial charge in [-0.2, -0.15) is 13.8 Å². The summed E-state index contributed by atoms with van der Waals surface area (Å²) in [4.78, 5) is 12.7. The summed E-state index contributed by atoms with van der Waals surface area (Å²) < 4.78 is 26.6. The zero-order valence-electron chi connectivity index (χ0n) is 10.5. The van der Waals surface area contributed by atoms with E-state index in [1.807, 2.05) is 6.92 Å². The highest BCUT2D eigenvalue weighted by molar-refractivity contribution is 9.10. The van der Waals surface area contributed by atoms with Crippen LogP contribution >= 0.6 is 39.0 Å². The average Bonchev–Trinajstić information content (AvgIpc) is 2.75. The molecule has 9 heteroatoms. The minimum Gasteiger partial charge on any atom is -0.492 e. The Kier molecular flexibility index (Phi) is 4.60. The zero-order valence-corrected chi connectivity index (χ0v) is 13.7. The molecule has 0 saturated carbocycles. The van der Waals surface area contributed by atoms with Crippen molar-refractivity contribution in [3.63, 3.8) is 0 Å². The van der Waals surface area contributed by atoms with Crippen LogP contribution in [0.25, 0.3) is 0 Å². The number of alkyl halides is 2. The van der Waals surface area contributed by atoms with Crippen LogP contribution < -0.4 is 0 Å². The van der Waals surface area contributed by atoms with E-state index in [2.05, 4.69) is 30.9 Å². The Bertz CT molecular complexity index is 631. The fourth-order valence-corrected chi connectivity index (χ4v) is 3.68. The van der Waals surface area contributed by atoms with E-state index < -0.39 is 17.5 Å². The molecule has 1 N–H and O–H groups in total. The summed E-state index contributed by atoms with van der Waals surface area (Å²) >= 11 is 5.54. The van der Waals surface area contributed by atoms with E-state index in [-0.39, 0.29) is 9.63 Å². The molecule has 0 unspecified atom stereocenters. The lowest BCUT2D eigenvalue weighted by molar-refractivity contribution is 0.0107. The molecule has 0 amide bonds. The van der Waals surface area contributed by atoms with Gasteiger partial charge in [0.1, 0.15) is 10.2 Å². The van der Waals surface area contributed by atoms with Crippen LogP contribution in [-0.4, -0.2) is 20.1 Å². The Morgan fingerprint density at radius 1 is 1.45 bits per heavy atom. The van der Waals surface area contributed by atoms with Crippen LogP contribution in [0, 0.1) is 6.92 Å². The smallest absolute Gasteiger partial charge is 0.288 e. The number of aryl methyl sites for hydroxylation is 1. The third-order valence-electron chi connectivity index (χ3n) is 2.41. The molecule has 0 bridgehead atoms. The molecule has 0 atom stereocenters. The van der Waals surface area contributed by atoms with E-state index in [9.17, 15) is 13.9 Å². The van der Waals surface area contributed by atoms with Crippen molar-refractivity contribution in [1.82, 2.24) is 15.0 Å². The number of hydrogen-bond donors (Lipinski definition) is 1. The zero-order chi connectivity index (χ0) is 14.9. The second-order valence-corrected chi connectivity index (χ2v) is 6.71. The van der Waals surface area contributed by atoms with Crippen molar-refractivity contribution in [2.45, 2.75) is 30.7 Å². The second kappa shape index (κ2) is 5.90. The molecule has 0 fully saturated rings. The Labute approximate surface area is 130 Å². The molecule has 0 saturated heterocycles. The molecule has 0 aliphatic carbocycles. The molecule has 2 rings (SSSR count). The van der Waals surface area contributed by atoms with Gasteiger partial charge in [-0.25, -0.2) is 9.97 Å². The first-order valence-electron chi connectivity index (χ1n) is 5.45. The average molecular weight is 382 g/mol. The van der Waals surface area contributed by atoms with Crippen LogP contribution in [0.2, 0.25) is 0 Å². The maximum Gasteiger partial charge on any atom is 0.288 e. The summed E-state index contributed by atoms with van der Waals surface area (Å²) in [5.41, 5.74) is 2.09. The standard InChI is InChI=1S/C11H10BrF2N3OS2/c1-5-6(20-4-15-5)3-19-10-16-8(11(2,13)14)7(12)9(18)17-10/h4H,3H2,1-2H3,(H,16,17,18). The summed E-state index contributed by atoms with van der Waals surface area (Å²) in [6, 6.07) is 0. The van der Waals surface area contributed by atoms with Crippen molar-refractivity contribution in [2.75, 3.05) is 0 Å². The number of thiazole rings is 1. The van der Waals surface area contributed by atoms with Gasteiger partial charge in [0.2, 0.25) is 5.88 Å². The maximum atomic E-state index is 13.4. The molecule has 2 aromatic rings. The highest BCUT2D eigenvalue weighted by Crippen LogP contribution is 2.37. The maximum absolute atomic E-state index is 13.4. The summed E-state index contributed by atoms with van der Waals surface area (Å²) in [6.45, 7) is 2.60. The van der Waals surface area contributed by atoms with Gasteiger partial charge < -0.3 is 5.11 Å². The Morgan fingerprint density at radius 2 is 2.15 bits per heavy atom. The summed E-state index contributed by atoms with van der Waals surface area (Å²) in [5.74, 6) is -3.12. The van der Waals surface area contributed by atoms with Crippen LogP contribution in [0.4, 0.5) is 8.78 Å². The van der Waals surface area contributed by atoms with E-state index in [0.29, 0.717) is 5.75 Å². The van der Waals surface area contributed by atoms with Crippen LogP contribution in [0.3, 0.4) is 0 Å². The number of thioether (sulfide) groups is 1. The van der Waals surface area contributed by atoms with Gasteiger partial charge in [0, 0.05) is 17.6 Å². The molecule has 2 aromatic heterocycles. The third kappa shape index (κ3) is 3.44. The summed E-state index contributed by atoms with van der Waals surface area (Å²) in [7, 11) is 0. The molecule has 4 nitrogen and oxygen atoms in total. The molecular weight excluding hydrogens is 372 g/mol. The van der Waals surface area contributed by atoms with E-state index >= 15 is 0 Å². The highest BCUT2D eigenvalue weighted by atomic mass is 79.9. The van der Waals surface area contributed by atoms with Crippen LogP contribution in [0.1, 0.15) is 23.2 Å². The second-order valence-electron chi connectivity index (χ2n) is 4.03. The monoisotopic (exact) mass is 381 g/mol. The fraction of sp³-hybridized carbons (Fsp3) is 0.364. The van der Waals surface area contributed by atoms with Gasteiger partial charge in [0.05, 0.1) is 11.2 Å². The van der Waals surface area contributed by atoms with Gasteiger partial charge in [0.25, 0.3) is 5.92 Å². The third-order valence-corrected chi connectivity index (χ3v) is 5.13. The van der Waals surface area contributed by atoms with E-state index in [4.69, 9.17) is 0 Å². The lowest BCUT2D eigenvalue weighted by Gasteiger charge is -2.13. The van der Waals surface area contributed by atoms with Crippen LogP contribution in [-0.2, 0) is 11.7 Å². The Hall–Kier alpha value is -0.800. The van der Waals surface area contributed by atoms with E-state index in [1.165, 1.54) is 23.1 Å². The molecular formula is C11H10BrF2N3OS2. The van der Waals surface area contributed by atoms with Crippen molar-refractivity contribution < 1.29 is 13.9 Å². The molecule has 0 aromatic carbocycles. The fourth-order valence-electron chi connectivity index (χ4n) is 1.37. The normalized spacial score (nSPS) is 11.8. The molecule has 0 aliphatic rings. The topological polar surface area (TPSA) is 58.9 Å². The number of aromatic hydroxyl groups is 1. The number of hydrogen-bond acceptors (Lipinski definition) is 6. The first kappa shape index (κ1) is 15.6. The van der Waals surface area contributed by atoms with Crippen molar-refractivity contribution in [3.05, 3.63) is 26.2 Å². The number of halogens is 3. The van der Waals surface area contributed by atoms with Gasteiger partial charge in [0.15, 0.2) is 5.16 Å². The summed E-state index contributed by atoms with van der Waals surface area (Å²) in [6.07, 6.45) is 0. The van der Waals surface area contributed by atoms with Crippen molar-refractivity contribution in [2.24, 2.45) is 0 Å². The van der Waals surface area contributed by atoms with Crippen LogP contribution in [0.15, 0.2) is 15.1 Å². The minimum absolute atomic E-state index is 0.107. The molecule has 2 heterocycles. The minimum atomic E-state index is -3.16. The first-order chi connectivity index (χ1) is 9.29. The largest absolute Gasteiger partial charge is 0.492 e. The quantitative estimate of drug-likeness (QED) is 0.637. The SMILES string of the molecule is Cc1ncsc1CSc1nc(O)c(Br)c(C(C)(F)F)n1. The predicted octanol–water partition coefficient (Wildman–Crippen LogP) is 4.11. The molecule has 0 aliphatic heterocycles. The molecule has 20 heavy (non-hydrogen) atoms. The van der Waals surface area contributed by atoms with Crippen molar-refractivity contribution >= 4 is 39.0 Å². The molecule has 108 valence electrons. The highest BCUT2D eigenvalue weighted by Gasteiger charge is 2.31. The molecule has 0 spiro atoms. The van der Waals surface area contributed by atoms with E-state index in [1.54, 1.807) is 5.51 Å². The van der Waals surface area contributed by atoms with Crippen LogP contribution in [0.5, 0.6) is 5.88 Å². The number of nitrogens with zero attached hydrogens (tertiary/aromatic N) is 3. The number of rotatable bonds is 4. The Morgan fingerprint density at radius 3 is 2.70 bits per heavy atom. The van der Waals surface area contributed by atoms with Crippen molar-refractivity contribution in [1.29, 1.82) is 0 Å². The predicted molar refractivity (Wildman–Crippen MR) is 77.4 cm³/mol. The van der Waals surface area contributed by atoms with Gasteiger partial charge >= 0.3 is 0 Å². The number of aromatic nitrogens is 3. The van der Waals surface area contributed by atoms with Gasteiger partial charge in [-0.05, 0) is 22.9 Å². The Balaban J connectivity index is 2.25. The summed E-state index contributed by atoms with van der Waals surface area (Å²) in [5, 5.41) is 9.71. The molecule has 0 radical (unpaired) electrons. The van der Waals surface area contributed by atoms with Gasteiger partial charge in [-0.15, -0.1) is 11.3 Å².